The molecular weight excluding hydrogens is 258 g/mol. The lowest BCUT2D eigenvalue weighted by molar-refractivity contribution is -0.140. The van der Waals surface area contributed by atoms with Crippen LogP contribution in [0.3, 0.4) is 0 Å². The molecule has 1 aromatic carbocycles. The van der Waals surface area contributed by atoms with Gasteiger partial charge < -0.3 is 19.9 Å². The Morgan fingerprint density at radius 2 is 2.00 bits per heavy atom. The van der Waals surface area contributed by atoms with Gasteiger partial charge in [0.25, 0.3) is 0 Å². The zero-order valence-corrected chi connectivity index (χ0v) is 10.8. The normalized spacial score (nSPS) is 34.0. The smallest absolute Gasteiger partial charge is 0.306 e. The maximum Gasteiger partial charge on any atom is 0.306 e. The maximum atomic E-state index is 11.4. The Morgan fingerprint density at radius 1 is 1.15 bits per heavy atom. The molecule has 4 atom stereocenters. The molecule has 1 saturated heterocycles. The van der Waals surface area contributed by atoms with Crippen molar-refractivity contribution in [1.82, 2.24) is 0 Å². The predicted octanol–water partition coefficient (Wildman–Crippen LogP) is 1.33. The van der Waals surface area contributed by atoms with Crippen molar-refractivity contribution in [3.63, 3.8) is 0 Å². The highest BCUT2D eigenvalue weighted by atomic mass is 16.7. The largest absolute Gasteiger partial charge is 0.458 e. The molecule has 5 heteroatoms. The third-order valence-electron chi connectivity index (χ3n) is 4.29. The number of carbonyl (C=O) groups excluding carboxylic acids is 1. The van der Waals surface area contributed by atoms with E-state index >= 15 is 0 Å². The van der Waals surface area contributed by atoms with Crippen molar-refractivity contribution in [2.24, 2.45) is 11.7 Å². The minimum absolute atomic E-state index is 0.0583. The summed E-state index contributed by atoms with van der Waals surface area (Å²) >= 11 is 0. The second-order valence-corrected chi connectivity index (χ2v) is 5.42. The summed E-state index contributed by atoms with van der Waals surface area (Å²) in [6.07, 6.45) is 4.22. The number of nitrogens with two attached hydrogens (primary N) is 1. The fourth-order valence-corrected chi connectivity index (χ4v) is 3.21. The average Bonchev–Trinajstić information content (AvgIpc) is 3.04. The first-order valence-electron chi connectivity index (χ1n) is 6.75. The monoisotopic (exact) mass is 273 g/mol. The van der Waals surface area contributed by atoms with Gasteiger partial charge in [-0.3, -0.25) is 4.79 Å². The SMILES string of the molecule is N[C@@H]1[C@@H]2CC(=O)O[C@@H]2C=C[C@H]1c1ccc2c(c1)OCO2. The summed E-state index contributed by atoms with van der Waals surface area (Å²) in [5, 5.41) is 0. The molecule has 4 rings (SSSR count). The van der Waals surface area contributed by atoms with E-state index in [0.29, 0.717) is 6.42 Å². The van der Waals surface area contributed by atoms with Crippen LogP contribution in [0, 0.1) is 5.92 Å². The van der Waals surface area contributed by atoms with Crippen molar-refractivity contribution >= 4 is 5.97 Å². The fourth-order valence-electron chi connectivity index (χ4n) is 3.21. The highest BCUT2D eigenvalue weighted by molar-refractivity contribution is 5.73. The van der Waals surface area contributed by atoms with Gasteiger partial charge in [0, 0.05) is 17.9 Å². The van der Waals surface area contributed by atoms with Gasteiger partial charge in [0.1, 0.15) is 6.10 Å². The number of carbonyl (C=O) groups is 1. The minimum atomic E-state index is -0.164. The summed E-state index contributed by atoms with van der Waals surface area (Å²) in [5.41, 5.74) is 7.43. The number of esters is 1. The molecule has 0 aromatic heterocycles. The Hall–Kier alpha value is -2.01. The summed E-state index contributed by atoms with van der Waals surface area (Å²) < 4.78 is 16.0. The molecule has 2 heterocycles. The molecule has 0 amide bonds. The van der Waals surface area contributed by atoms with Gasteiger partial charge in [-0.25, -0.2) is 0 Å². The van der Waals surface area contributed by atoms with Gasteiger partial charge in [-0.2, -0.15) is 0 Å². The van der Waals surface area contributed by atoms with Gasteiger partial charge in [-0.15, -0.1) is 0 Å². The van der Waals surface area contributed by atoms with Gasteiger partial charge in [0.05, 0.1) is 6.42 Å². The number of fused-ring (bicyclic) bond motifs is 2. The zero-order chi connectivity index (χ0) is 13.7. The van der Waals surface area contributed by atoms with Crippen molar-refractivity contribution in [1.29, 1.82) is 0 Å². The van der Waals surface area contributed by atoms with Crippen LogP contribution in [0.5, 0.6) is 11.5 Å². The van der Waals surface area contributed by atoms with Crippen LogP contribution in [0.2, 0.25) is 0 Å². The molecule has 0 bridgehead atoms. The van der Waals surface area contributed by atoms with Crippen molar-refractivity contribution in [3.05, 3.63) is 35.9 Å². The molecule has 5 nitrogen and oxygen atoms in total. The van der Waals surface area contributed by atoms with Gasteiger partial charge in [-0.05, 0) is 23.8 Å². The first kappa shape index (κ1) is 11.8. The number of hydrogen-bond donors (Lipinski definition) is 1. The molecule has 0 unspecified atom stereocenters. The highest BCUT2D eigenvalue weighted by Gasteiger charge is 2.42. The molecular formula is C15H15NO4. The van der Waals surface area contributed by atoms with Crippen molar-refractivity contribution in [2.45, 2.75) is 24.5 Å². The lowest BCUT2D eigenvalue weighted by atomic mass is 9.76. The third kappa shape index (κ3) is 1.70. The molecule has 0 saturated carbocycles. The van der Waals surface area contributed by atoms with Crippen LogP contribution in [-0.4, -0.2) is 24.9 Å². The van der Waals surface area contributed by atoms with Gasteiger partial charge in [0.2, 0.25) is 6.79 Å². The van der Waals surface area contributed by atoms with E-state index in [9.17, 15) is 4.79 Å². The second kappa shape index (κ2) is 4.24. The number of ether oxygens (including phenoxy) is 3. The first-order valence-corrected chi connectivity index (χ1v) is 6.75. The van der Waals surface area contributed by atoms with E-state index in [0.717, 1.165) is 17.1 Å². The summed E-state index contributed by atoms with van der Waals surface area (Å²) in [6.45, 7) is 0.262. The van der Waals surface area contributed by atoms with Gasteiger partial charge in [-0.1, -0.05) is 12.1 Å². The van der Waals surface area contributed by atoms with Crippen LogP contribution in [-0.2, 0) is 9.53 Å². The molecule has 2 N–H and O–H groups in total. The molecule has 0 spiro atoms. The standard InChI is InChI=1S/C15H15NO4/c16-15-9(2-4-11-10(15)6-14(17)20-11)8-1-3-12-13(5-8)19-7-18-12/h1-5,9-11,15H,6-7,16H2/t9-,10+,11+,15-/m0/s1. The molecule has 3 aliphatic rings. The Labute approximate surface area is 116 Å². The second-order valence-electron chi connectivity index (χ2n) is 5.42. The van der Waals surface area contributed by atoms with Gasteiger partial charge >= 0.3 is 5.97 Å². The molecule has 104 valence electrons. The number of rotatable bonds is 1. The van der Waals surface area contributed by atoms with E-state index in [1.54, 1.807) is 0 Å². The Bertz CT molecular complexity index is 598. The van der Waals surface area contributed by atoms with Crippen LogP contribution >= 0.6 is 0 Å². The average molecular weight is 273 g/mol. The number of benzene rings is 1. The lowest BCUT2D eigenvalue weighted by Crippen LogP contribution is -2.41. The van der Waals surface area contributed by atoms with E-state index < -0.39 is 0 Å². The van der Waals surface area contributed by atoms with Crippen molar-refractivity contribution < 1.29 is 19.0 Å². The minimum Gasteiger partial charge on any atom is -0.458 e. The highest BCUT2D eigenvalue weighted by Crippen LogP contribution is 2.40. The Morgan fingerprint density at radius 3 is 2.90 bits per heavy atom. The maximum absolute atomic E-state index is 11.4. The summed E-state index contributed by atoms with van der Waals surface area (Å²) in [4.78, 5) is 11.4. The van der Waals surface area contributed by atoms with E-state index in [-0.39, 0.29) is 36.7 Å². The molecule has 20 heavy (non-hydrogen) atoms. The zero-order valence-electron chi connectivity index (χ0n) is 10.8. The first-order chi connectivity index (χ1) is 9.72. The topological polar surface area (TPSA) is 70.8 Å². The van der Waals surface area contributed by atoms with E-state index in [1.807, 2.05) is 30.4 Å². The van der Waals surface area contributed by atoms with Crippen LogP contribution in [0.25, 0.3) is 0 Å². The summed E-state index contributed by atoms with van der Waals surface area (Å²) in [6, 6.07) is 5.74. The van der Waals surface area contributed by atoms with Crippen LogP contribution in [0.4, 0.5) is 0 Å². The molecule has 1 aliphatic carbocycles. The molecule has 0 radical (unpaired) electrons. The molecule has 2 aliphatic heterocycles. The van der Waals surface area contributed by atoms with E-state index in [4.69, 9.17) is 19.9 Å². The molecule has 1 aromatic rings. The summed E-state index contributed by atoms with van der Waals surface area (Å²) in [5.74, 6) is 1.48. The van der Waals surface area contributed by atoms with E-state index in [2.05, 4.69) is 0 Å². The van der Waals surface area contributed by atoms with Crippen LogP contribution in [0.1, 0.15) is 17.9 Å². The predicted molar refractivity (Wildman–Crippen MR) is 70.4 cm³/mol. The Kier molecular flexibility index (Phi) is 2.50. The summed E-state index contributed by atoms with van der Waals surface area (Å²) in [7, 11) is 0. The third-order valence-corrected chi connectivity index (χ3v) is 4.29. The van der Waals surface area contributed by atoms with Crippen LogP contribution in [0.15, 0.2) is 30.4 Å². The van der Waals surface area contributed by atoms with Gasteiger partial charge in [0.15, 0.2) is 11.5 Å². The van der Waals surface area contributed by atoms with Crippen molar-refractivity contribution in [3.8, 4) is 11.5 Å². The number of hydrogen-bond acceptors (Lipinski definition) is 5. The van der Waals surface area contributed by atoms with E-state index in [1.165, 1.54) is 0 Å². The Balaban J connectivity index is 1.66. The lowest BCUT2D eigenvalue weighted by Gasteiger charge is -2.32. The van der Waals surface area contributed by atoms with Crippen molar-refractivity contribution in [2.75, 3.05) is 6.79 Å². The fraction of sp³-hybridized carbons (Fsp3) is 0.400. The molecule has 1 fully saturated rings. The quantitative estimate of drug-likeness (QED) is 0.617. The van der Waals surface area contributed by atoms with Crippen LogP contribution < -0.4 is 15.2 Å².